The van der Waals surface area contributed by atoms with E-state index >= 15 is 0 Å². The second kappa shape index (κ2) is 26.6. The molecule has 4 aromatic carbocycles. The van der Waals surface area contributed by atoms with Gasteiger partial charge >= 0.3 is 18.0 Å². The van der Waals surface area contributed by atoms with E-state index < -0.39 is 31.8 Å². The molecular weight excluding hydrogens is 1070 g/mol. The van der Waals surface area contributed by atoms with E-state index in [0.717, 1.165) is 57.5 Å². The maximum atomic E-state index is 13.2. The van der Waals surface area contributed by atoms with Crippen LogP contribution in [0.2, 0.25) is 30.7 Å². The highest BCUT2D eigenvalue weighted by molar-refractivity contribution is 9.09. The minimum atomic E-state index is -1.27. The van der Waals surface area contributed by atoms with E-state index in [1.165, 1.54) is 6.07 Å². The Morgan fingerprint density at radius 1 is 0.909 bits per heavy atom. The number of carbonyl (C=O) groups is 3. The number of benzene rings is 4. The molecule has 0 fully saturated rings. The monoisotopic (exact) mass is 1130 g/mol. The van der Waals surface area contributed by atoms with Crippen LogP contribution in [0.3, 0.4) is 0 Å². The number of carbonyl (C=O) groups excluding carboxylic acids is 2. The SMILES string of the molecule is Br.C[Si](C)(C)CCOC(=O)CCCBr.Cc1cc2c(ccc(=O)n2CCNC(=O)OCC2c3ccccc3-c3ccccc32)c(-c2ccc(Cl)cc2)c1[C@H](OC(C)(C)C)C(=O)O.NCCBr. The number of aryl methyl sites for hydroxylation is 1. The van der Waals surface area contributed by atoms with Crippen molar-refractivity contribution in [3.05, 3.63) is 129 Å². The number of aliphatic carboxylic acids is 1. The van der Waals surface area contributed by atoms with Crippen LogP contribution in [0.4, 0.5) is 4.79 Å². The molecule has 1 aromatic heterocycles. The summed E-state index contributed by atoms with van der Waals surface area (Å²) in [4.78, 5) is 49.8. The van der Waals surface area contributed by atoms with Crippen molar-refractivity contribution in [1.82, 2.24) is 9.88 Å². The number of fused-ring (bicyclic) bond motifs is 4. The lowest BCUT2D eigenvalue weighted by Crippen LogP contribution is -2.32. The van der Waals surface area contributed by atoms with Gasteiger partial charge in [-0.05, 0) is 103 Å². The maximum Gasteiger partial charge on any atom is 0.407 e. The summed E-state index contributed by atoms with van der Waals surface area (Å²) in [6.07, 6.45) is -0.437. The van der Waals surface area contributed by atoms with Crippen LogP contribution in [0.1, 0.15) is 67.9 Å². The standard InChI is InChI=1S/C39H37ClN2O6.C9H19BrO2Si.C2H6BrN.BrH/c1-23-21-32-30(35(24-13-15-25(40)16-14-24)34(23)36(37(44)45)48-39(2,3)4)17-18-33(43)42(32)20-19-41-38(46)47-22-31-28-11-7-5-9-26(28)27-10-6-8-12-29(27)31;1-13(2,3)8-7-12-9(11)5-4-6-10;3-1-2-4;/h5-18,21,31,36H,19-20,22H2,1-4H3,(H,41,46)(H,44,45);4-8H2,1-3H3;1-2,4H2;1H/t36-;;;/m0.../s1. The first-order valence-electron chi connectivity index (χ1n) is 21.7. The summed E-state index contributed by atoms with van der Waals surface area (Å²) >= 11 is 12.6. The number of nitrogens with one attached hydrogen (secondary N) is 1. The van der Waals surface area contributed by atoms with Crippen LogP contribution in [-0.2, 0) is 30.3 Å². The lowest BCUT2D eigenvalue weighted by atomic mass is 9.88. The third-order valence-electron chi connectivity index (χ3n) is 10.3. The van der Waals surface area contributed by atoms with Gasteiger partial charge in [-0.2, -0.15) is 0 Å². The number of carboxylic acid groups (broad SMARTS) is 1. The normalized spacial score (nSPS) is 12.3. The Labute approximate surface area is 422 Å². The Balaban J connectivity index is 0.000000547. The summed E-state index contributed by atoms with van der Waals surface area (Å²) in [5.74, 6) is -1.25. The predicted molar refractivity (Wildman–Crippen MR) is 283 cm³/mol. The van der Waals surface area contributed by atoms with Gasteiger partial charge in [0, 0.05) is 72.7 Å². The van der Waals surface area contributed by atoms with Crippen LogP contribution in [-0.4, -0.2) is 78.3 Å². The third-order valence-corrected chi connectivity index (χ3v) is 13.3. The van der Waals surface area contributed by atoms with Gasteiger partial charge < -0.3 is 34.9 Å². The molecule has 0 radical (unpaired) electrons. The number of alkyl halides is 2. The quantitative estimate of drug-likeness (QED) is 0.0497. The zero-order chi connectivity index (χ0) is 47.9. The smallest absolute Gasteiger partial charge is 0.407 e. The van der Waals surface area contributed by atoms with Crippen LogP contribution in [0.15, 0.2) is 95.8 Å². The van der Waals surface area contributed by atoms with Crippen LogP contribution >= 0.6 is 60.4 Å². The molecule has 11 nitrogen and oxygen atoms in total. The molecule has 66 heavy (non-hydrogen) atoms. The molecule has 0 bridgehead atoms. The number of esters is 1. The average molecular weight is 1140 g/mol. The Morgan fingerprint density at radius 3 is 2.03 bits per heavy atom. The second-order valence-electron chi connectivity index (χ2n) is 17.7. The number of ether oxygens (including phenoxy) is 3. The first-order chi connectivity index (χ1) is 30.8. The van der Waals surface area contributed by atoms with Gasteiger partial charge in [-0.3, -0.25) is 9.59 Å². The van der Waals surface area contributed by atoms with E-state index in [2.05, 4.69) is 81.1 Å². The molecule has 1 heterocycles. The minimum absolute atomic E-state index is 0. The predicted octanol–water partition coefficient (Wildman–Crippen LogP) is 12.1. The van der Waals surface area contributed by atoms with Crippen molar-refractivity contribution >= 4 is 97.5 Å². The van der Waals surface area contributed by atoms with Gasteiger partial charge in [-0.15, -0.1) is 17.0 Å². The fraction of sp³-hybridized carbons (Fsp3) is 0.400. The first-order valence-corrected chi connectivity index (χ1v) is 28.0. The minimum Gasteiger partial charge on any atom is -0.479 e. The Hall–Kier alpha value is -3.83. The molecular formula is C50H63Br3ClN3O8Si. The van der Waals surface area contributed by atoms with E-state index in [0.29, 0.717) is 45.6 Å². The lowest BCUT2D eigenvalue weighted by Gasteiger charge is -2.29. The number of aromatic nitrogens is 1. The molecule has 358 valence electrons. The number of nitrogens with two attached hydrogens (primary N) is 1. The van der Waals surface area contributed by atoms with Gasteiger partial charge in [0.1, 0.15) is 6.61 Å². The number of amides is 1. The first kappa shape index (κ1) is 56.5. The molecule has 6 rings (SSSR count). The highest BCUT2D eigenvalue weighted by Crippen LogP contribution is 2.45. The van der Waals surface area contributed by atoms with Crippen molar-refractivity contribution in [2.45, 2.75) is 90.4 Å². The molecule has 0 saturated carbocycles. The fourth-order valence-corrected chi connectivity index (χ4v) is 8.46. The number of hydrogen-bond acceptors (Lipinski definition) is 8. The second-order valence-corrected chi connectivity index (χ2v) is 25.4. The Kier molecular flexibility index (Phi) is 22.8. The van der Waals surface area contributed by atoms with E-state index in [1.807, 2.05) is 64.1 Å². The summed E-state index contributed by atoms with van der Waals surface area (Å²) in [5, 5.41) is 16.1. The lowest BCUT2D eigenvalue weighted by molar-refractivity contribution is -0.160. The molecule has 0 aliphatic heterocycles. The summed E-state index contributed by atoms with van der Waals surface area (Å²) in [6.45, 7) is 15.9. The molecule has 1 atom stereocenters. The van der Waals surface area contributed by atoms with Gasteiger partial charge in [0.25, 0.3) is 5.56 Å². The van der Waals surface area contributed by atoms with Gasteiger partial charge in [-0.25, -0.2) is 9.59 Å². The topological polar surface area (TPSA) is 159 Å². The molecule has 0 spiro atoms. The summed E-state index contributed by atoms with van der Waals surface area (Å²) in [7, 11) is -1.04. The van der Waals surface area contributed by atoms with E-state index in [-0.39, 0.29) is 54.1 Å². The number of alkyl carbamates (subject to hydrolysis) is 1. The molecule has 1 amide bonds. The van der Waals surface area contributed by atoms with Crippen LogP contribution in [0.25, 0.3) is 33.2 Å². The average Bonchev–Trinajstić information content (AvgIpc) is 3.57. The molecule has 1 aliphatic carbocycles. The van der Waals surface area contributed by atoms with Gasteiger partial charge in [0.2, 0.25) is 0 Å². The van der Waals surface area contributed by atoms with E-state index in [4.69, 9.17) is 31.5 Å². The zero-order valence-electron chi connectivity index (χ0n) is 38.8. The van der Waals surface area contributed by atoms with Crippen molar-refractivity contribution in [1.29, 1.82) is 0 Å². The molecule has 5 aromatic rings. The van der Waals surface area contributed by atoms with Crippen molar-refractivity contribution in [2.75, 3.05) is 37.0 Å². The van der Waals surface area contributed by atoms with Gasteiger partial charge in [0.15, 0.2) is 6.10 Å². The highest BCUT2D eigenvalue weighted by Gasteiger charge is 2.32. The summed E-state index contributed by atoms with van der Waals surface area (Å²) in [5.41, 5.74) is 11.6. The maximum absolute atomic E-state index is 13.2. The van der Waals surface area contributed by atoms with Crippen molar-refractivity contribution in [2.24, 2.45) is 5.73 Å². The highest BCUT2D eigenvalue weighted by atomic mass is 79.9. The van der Waals surface area contributed by atoms with E-state index in [9.17, 15) is 24.3 Å². The largest absolute Gasteiger partial charge is 0.479 e. The van der Waals surface area contributed by atoms with Crippen molar-refractivity contribution in [3.8, 4) is 22.3 Å². The van der Waals surface area contributed by atoms with Crippen molar-refractivity contribution in [3.63, 3.8) is 0 Å². The summed E-state index contributed by atoms with van der Waals surface area (Å²) in [6, 6.07) is 29.4. The molecule has 1 aliphatic rings. The number of halogens is 4. The van der Waals surface area contributed by atoms with Crippen LogP contribution in [0.5, 0.6) is 0 Å². The molecule has 4 N–H and O–H groups in total. The molecule has 0 unspecified atom stereocenters. The molecule has 16 heteroatoms. The number of carboxylic acids is 1. The van der Waals surface area contributed by atoms with Gasteiger partial charge in [0.05, 0.1) is 17.7 Å². The number of nitrogens with zero attached hydrogens (tertiary/aromatic N) is 1. The number of pyridine rings is 1. The van der Waals surface area contributed by atoms with E-state index in [1.54, 1.807) is 28.8 Å². The number of hydrogen-bond donors (Lipinski definition) is 3. The van der Waals surface area contributed by atoms with Gasteiger partial charge in [-0.1, -0.05) is 124 Å². The fourth-order valence-electron chi connectivity index (χ4n) is 7.34. The van der Waals surface area contributed by atoms with Crippen molar-refractivity contribution < 1.29 is 33.7 Å². The third kappa shape index (κ3) is 16.4. The number of rotatable bonds is 16. The summed E-state index contributed by atoms with van der Waals surface area (Å²) < 4.78 is 18.5. The Bertz CT molecular complexity index is 2410. The molecule has 0 saturated heterocycles. The van der Waals surface area contributed by atoms with Crippen LogP contribution in [0, 0.1) is 6.92 Å². The zero-order valence-corrected chi connectivity index (χ0v) is 45.4. The van der Waals surface area contributed by atoms with Crippen LogP contribution < -0.4 is 16.6 Å². The Morgan fingerprint density at radius 2 is 1.50 bits per heavy atom.